The first kappa shape index (κ1) is 19.9. The Kier molecular flexibility index (Phi) is 6.74. The van der Waals surface area contributed by atoms with Crippen molar-refractivity contribution in [3.63, 3.8) is 0 Å². The SMILES string of the molecule is CC(C)(C)OC=O.O=[N+]([O-])c1ccc2c(ccn2CC2CCNCC2)c1. The summed E-state index contributed by atoms with van der Waals surface area (Å²) in [7, 11) is 0. The Labute approximate surface area is 153 Å². The normalized spacial score (nSPS) is 15.2. The maximum Gasteiger partial charge on any atom is 0.293 e. The molecule has 26 heavy (non-hydrogen) atoms. The summed E-state index contributed by atoms with van der Waals surface area (Å²) in [5.41, 5.74) is 0.929. The number of rotatable bonds is 4. The number of nitrogens with one attached hydrogen (secondary N) is 1. The predicted octanol–water partition coefficient (Wildman–Crippen LogP) is 3.51. The summed E-state index contributed by atoms with van der Waals surface area (Å²) < 4.78 is 6.77. The lowest BCUT2D eigenvalue weighted by molar-refractivity contribution is -0.384. The quantitative estimate of drug-likeness (QED) is 0.512. The number of ether oxygens (including phenoxy) is 1. The fraction of sp³-hybridized carbons (Fsp3) is 0.526. The van der Waals surface area contributed by atoms with Gasteiger partial charge in [0.15, 0.2) is 0 Å². The van der Waals surface area contributed by atoms with Crippen LogP contribution in [0, 0.1) is 16.0 Å². The molecule has 0 saturated carbocycles. The standard InChI is InChI=1S/C14H17N3O2.C5H10O2/c18-17(19)13-1-2-14-12(9-13)5-8-16(14)10-11-3-6-15-7-4-11;1-5(2,3)7-4-6/h1-2,5,8-9,11,15H,3-4,6-7,10H2;4H,1-3H3. The molecule has 1 aromatic carbocycles. The predicted molar refractivity (Wildman–Crippen MR) is 101 cm³/mol. The molecule has 0 atom stereocenters. The Morgan fingerprint density at radius 3 is 2.54 bits per heavy atom. The molecule has 3 rings (SSSR count). The van der Waals surface area contributed by atoms with Gasteiger partial charge in [0.2, 0.25) is 0 Å². The van der Waals surface area contributed by atoms with Crippen molar-refractivity contribution in [2.45, 2.75) is 45.8 Å². The van der Waals surface area contributed by atoms with E-state index in [1.807, 2.05) is 39.1 Å². The van der Waals surface area contributed by atoms with Gasteiger partial charge in [-0.15, -0.1) is 0 Å². The average molecular weight is 361 g/mol. The largest absolute Gasteiger partial charge is 0.462 e. The summed E-state index contributed by atoms with van der Waals surface area (Å²) in [4.78, 5) is 20.0. The molecule has 7 nitrogen and oxygen atoms in total. The smallest absolute Gasteiger partial charge is 0.293 e. The van der Waals surface area contributed by atoms with Crippen LogP contribution in [-0.4, -0.2) is 34.7 Å². The number of hydrogen-bond donors (Lipinski definition) is 1. The molecule has 142 valence electrons. The van der Waals surface area contributed by atoms with Gasteiger partial charge in [-0.2, -0.15) is 0 Å². The Morgan fingerprint density at radius 1 is 1.31 bits per heavy atom. The summed E-state index contributed by atoms with van der Waals surface area (Å²) in [5, 5.41) is 15.1. The Bertz CT molecular complexity index is 743. The molecule has 0 spiro atoms. The van der Waals surface area contributed by atoms with Crippen molar-refractivity contribution >= 4 is 23.1 Å². The van der Waals surface area contributed by atoms with Crippen LogP contribution in [-0.2, 0) is 16.1 Å². The first-order chi connectivity index (χ1) is 12.3. The van der Waals surface area contributed by atoms with Crippen molar-refractivity contribution in [2.24, 2.45) is 5.92 Å². The minimum atomic E-state index is -0.344. The van der Waals surface area contributed by atoms with Crippen molar-refractivity contribution in [1.82, 2.24) is 9.88 Å². The van der Waals surface area contributed by atoms with Gasteiger partial charge in [0.25, 0.3) is 12.2 Å². The molecule has 1 N–H and O–H groups in total. The van der Waals surface area contributed by atoms with Crippen molar-refractivity contribution in [3.05, 3.63) is 40.6 Å². The summed E-state index contributed by atoms with van der Waals surface area (Å²) in [5.74, 6) is 0.701. The third-order valence-electron chi connectivity index (χ3n) is 4.28. The lowest BCUT2D eigenvalue weighted by Gasteiger charge is -2.23. The molecule has 1 aromatic heterocycles. The first-order valence-electron chi connectivity index (χ1n) is 8.85. The molecular formula is C19H27N3O4. The summed E-state index contributed by atoms with van der Waals surface area (Å²) in [6.07, 6.45) is 4.44. The molecule has 1 saturated heterocycles. The van der Waals surface area contributed by atoms with Crippen molar-refractivity contribution in [2.75, 3.05) is 13.1 Å². The summed E-state index contributed by atoms with van der Waals surface area (Å²) in [6.45, 7) is 9.11. The zero-order valence-corrected chi connectivity index (χ0v) is 15.6. The molecule has 1 aliphatic heterocycles. The van der Waals surface area contributed by atoms with Gasteiger partial charge in [-0.1, -0.05) is 0 Å². The van der Waals surface area contributed by atoms with Gasteiger partial charge in [-0.25, -0.2) is 0 Å². The number of nitrogens with zero attached hydrogens (tertiary/aromatic N) is 2. The van der Waals surface area contributed by atoms with Gasteiger partial charge in [-0.05, 0) is 64.8 Å². The zero-order valence-electron chi connectivity index (χ0n) is 15.6. The van der Waals surface area contributed by atoms with Gasteiger partial charge in [0.1, 0.15) is 5.60 Å². The van der Waals surface area contributed by atoms with Gasteiger partial charge < -0.3 is 14.6 Å². The minimum Gasteiger partial charge on any atom is -0.462 e. The number of nitro groups is 1. The molecule has 7 heteroatoms. The molecule has 0 radical (unpaired) electrons. The fourth-order valence-corrected chi connectivity index (χ4v) is 2.95. The van der Waals surface area contributed by atoms with Gasteiger partial charge >= 0.3 is 0 Å². The first-order valence-corrected chi connectivity index (χ1v) is 8.85. The molecule has 2 heterocycles. The maximum atomic E-state index is 10.8. The van der Waals surface area contributed by atoms with Gasteiger partial charge in [-0.3, -0.25) is 14.9 Å². The lowest BCUT2D eigenvalue weighted by atomic mass is 9.98. The fourth-order valence-electron chi connectivity index (χ4n) is 2.95. The highest BCUT2D eigenvalue weighted by Crippen LogP contribution is 2.24. The molecule has 0 bridgehead atoms. The van der Waals surface area contributed by atoms with Crippen molar-refractivity contribution < 1.29 is 14.5 Å². The number of carbonyl (C=O) groups is 1. The van der Waals surface area contributed by atoms with Crippen LogP contribution in [0.15, 0.2) is 30.5 Å². The number of piperidine rings is 1. The Balaban J connectivity index is 0.000000298. The second-order valence-electron chi connectivity index (χ2n) is 7.49. The highest BCUT2D eigenvalue weighted by molar-refractivity contribution is 5.82. The molecule has 1 fully saturated rings. The number of fused-ring (bicyclic) bond motifs is 1. The number of benzene rings is 1. The average Bonchev–Trinajstić information content (AvgIpc) is 2.97. The summed E-state index contributed by atoms with van der Waals surface area (Å²) >= 11 is 0. The second-order valence-corrected chi connectivity index (χ2v) is 7.49. The van der Waals surface area contributed by atoms with Crippen LogP contribution < -0.4 is 5.32 Å². The Hall–Kier alpha value is -2.41. The third kappa shape index (κ3) is 5.84. The van der Waals surface area contributed by atoms with E-state index in [2.05, 4.69) is 14.6 Å². The Morgan fingerprint density at radius 2 is 2.00 bits per heavy atom. The molecule has 0 amide bonds. The summed E-state index contributed by atoms with van der Waals surface area (Å²) in [6, 6.07) is 7.05. The number of carbonyl (C=O) groups excluding carboxylic acids is 1. The van der Waals surface area contributed by atoms with Crippen molar-refractivity contribution in [3.8, 4) is 0 Å². The van der Waals surface area contributed by atoms with Crippen LogP contribution >= 0.6 is 0 Å². The van der Waals surface area contributed by atoms with E-state index in [0.29, 0.717) is 12.4 Å². The second kappa shape index (κ2) is 8.80. The van der Waals surface area contributed by atoms with E-state index in [1.54, 1.807) is 12.1 Å². The molecule has 2 aromatic rings. The van der Waals surface area contributed by atoms with Gasteiger partial charge in [0.05, 0.1) is 4.92 Å². The molecule has 1 aliphatic rings. The van der Waals surface area contributed by atoms with E-state index in [9.17, 15) is 14.9 Å². The molecular weight excluding hydrogens is 334 g/mol. The monoisotopic (exact) mass is 361 g/mol. The highest BCUT2D eigenvalue weighted by atomic mass is 16.6. The van der Waals surface area contributed by atoms with Gasteiger partial charge in [0, 0.05) is 35.8 Å². The topological polar surface area (TPSA) is 86.4 Å². The lowest BCUT2D eigenvalue weighted by Crippen LogP contribution is -2.29. The minimum absolute atomic E-state index is 0.159. The number of hydrogen-bond acceptors (Lipinski definition) is 5. The van der Waals surface area contributed by atoms with Crippen molar-refractivity contribution in [1.29, 1.82) is 0 Å². The highest BCUT2D eigenvalue weighted by Gasteiger charge is 2.15. The zero-order chi connectivity index (χ0) is 19.2. The van der Waals surface area contributed by atoms with Crippen LogP contribution in [0.25, 0.3) is 10.9 Å². The van der Waals surface area contributed by atoms with E-state index in [0.717, 1.165) is 30.5 Å². The van der Waals surface area contributed by atoms with Crippen LogP contribution in [0.3, 0.4) is 0 Å². The molecule has 0 unspecified atom stereocenters. The number of aromatic nitrogens is 1. The molecule has 0 aliphatic carbocycles. The van der Waals surface area contributed by atoms with Crippen LogP contribution in [0.4, 0.5) is 5.69 Å². The van der Waals surface area contributed by atoms with E-state index in [-0.39, 0.29) is 16.2 Å². The number of nitro benzene ring substituents is 1. The van der Waals surface area contributed by atoms with E-state index >= 15 is 0 Å². The van der Waals surface area contributed by atoms with Crippen LogP contribution in [0.2, 0.25) is 0 Å². The maximum absolute atomic E-state index is 10.8. The van der Waals surface area contributed by atoms with E-state index < -0.39 is 0 Å². The van der Waals surface area contributed by atoms with E-state index in [1.165, 1.54) is 12.8 Å². The third-order valence-corrected chi connectivity index (χ3v) is 4.28. The number of non-ortho nitro benzene ring substituents is 1. The van der Waals surface area contributed by atoms with Crippen LogP contribution in [0.5, 0.6) is 0 Å². The van der Waals surface area contributed by atoms with E-state index in [4.69, 9.17) is 0 Å². The van der Waals surface area contributed by atoms with Crippen LogP contribution in [0.1, 0.15) is 33.6 Å².